The van der Waals surface area contributed by atoms with Crippen LogP contribution in [0, 0.1) is 5.92 Å². The Bertz CT molecular complexity index is 280. The van der Waals surface area contributed by atoms with E-state index in [0.29, 0.717) is 18.8 Å². The molecule has 0 aromatic carbocycles. The van der Waals surface area contributed by atoms with Gasteiger partial charge in [0.1, 0.15) is 6.04 Å². The van der Waals surface area contributed by atoms with Gasteiger partial charge in [0.25, 0.3) is 0 Å². The fraction of sp³-hybridized carbons (Fsp3) is 0.833. The van der Waals surface area contributed by atoms with E-state index in [4.69, 9.17) is 5.11 Å². The number of amides is 1. The molecule has 0 aromatic rings. The van der Waals surface area contributed by atoms with Gasteiger partial charge in [-0.05, 0) is 50.3 Å². The van der Waals surface area contributed by atoms with Gasteiger partial charge >= 0.3 is 5.97 Å². The maximum Gasteiger partial charge on any atom is 0.326 e. The molecule has 1 unspecified atom stereocenters. The molecule has 1 aliphatic heterocycles. The fourth-order valence-corrected chi connectivity index (χ4v) is 2.58. The molecule has 1 amide bonds. The second kappa shape index (κ2) is 8.37. The minimum absolute atomic E-state index is 0.141. The van der Waals surface area contributed by atoms with Gasteiger partial charge in [0.15, 0.2) is 0 Å². The largest absolute Gasteiger partial charge is 0.480 e. The average molecular weight is 274 g/mol. The number of aliphatic carboxylic acids is 1. The van der Waals surface area contributed by atoms with Crippen LogP contribution >= 0.6 is 11.8 Å². The first kappa shape index (κ1) is 15.3. The van der Waals surface area contributed by atoms with E-state index in [1.165, 1.54) is 0 Å². The molecule has 104 valence electrons. The lowest BCUT2D eigenvalue weighted by molar-refractivity contribution is -0.142. The van der Waals surface area contributed by atoms with Crippen molar-refractivity contribution in [2.24, 2.45) is 5.92 Å². The second-order valence-electron chi connectivity index (χ2n) is 4.66. The van der Waals surface area contributed by atoms with Crippen molar-refractivity contribution in [2.75, 3.05) is 25.1 Å². The molecule has 0 radical (unpaired) electrons. The number of carbonyl (C=O) groups is 2. The summed E-state index contributed by atoms with van der Waals surface area (Å²) >= 11 is 1.59. The lowest BCUT2D eigenvalue weighted by Gasteiger charge is -2.23. The smallest absolute Gasteiger partial charge is 0.326 e. The number of hydrogen-bond donors (Lipinski definition) is 3. The minimum Gasteiger partial charge on any atom is -0.480 e. The number of rotatable bonds is 7. The van der Waals surface area contributed by atoms with Crippen LogP contribution in [-0.4, -0.2) is 48.1 Å². The fourth-order valence-electron chi connectivity index (χ4n) is 2.11. The third-order valence-electron chi connectivity index (χ3n) is 3.12. The van der Waals surface area contributed by atoms with E-state index >= 15 is 0 Å². The van der Waals surface area contributed by atoms with E-state index < -0.39 is 12.0 Å². The van der Waals surface area contributed by atoms with Crippen LogP contribution in [0.3, 0.4) is 0 Å². The van der Waals surface area contributed by atoms with Gasteiger partial charge in [0, 0.05) is 6.42 Å². The Labute approximate surface area is 112 Å². The lowest BCUT2D eigenvalue weighted by Crippen LogP contribution is -2.43. The van der Waals surface area contributed by atoms with E-state index in [-0.39, 0.29) is 5.91 Å². The van der Waals surface area contributed by atoms with Crippen LogP contribution in [0.5, 0.6) is 0 Å². The Morgan fingerprint density at radius 2 is 2.33 bits per heavy atom. The predicted molar refractivity (Wildman–Crippen MR) is 72.8 cm³/mol. The Kier molecular flexibility index (Phi) is 7.12. The Hall–Kier alpha value is -0.750. The maximum atomic E-state index is 11.8. The normalized spacial score (nSPS) is 21.3. The summed E-state index contributed by atoms with van der Waals surface area (Å²) in [4.78, 5) is 22.8. The molecule has 1 heterocycles. The summed E-state index contributed by atoms with van der Waals surface area (Å²) in [6.45, 7) is 1.87. The summed E-state index contributed by atoms with van der Waals surface area (Å²) in [7, 11) is 0. The van der Waals surface area contributed by atoms with Crippen molar-refractivity contribution in [3.63, 3.8) is 0 Å². The van der Waals surface area contributed by atoms with Crippen LogP contribution in [0.4, 0.5) is 0 Å². The quantitative estimate of drug-likeness (QED) is 0.637. The Balaban J connectivity index is 2.32. The molecule has 5 nitrogen and oxygen atoms in total. The number of carbonyl (C=O) groups excluding carboxylic acids is 1. The van der Waals surface area contributed by atoms with Crippen LogP contribution < -0.4 is 10.6 Å². The highest BCUT2D eigenvalue weighted by Crippen LogP contribution is 2.14. The third kappa shape index (κ3) is 5.73. The van der Waals surface area contributed by atoms with Crippen LogP contribution in [0.1, 0.15) is 25.7 Å². The summed E-state index contributed by atoms with van der Waals surface area (Å²) in [5.41, 5.74) is 0. The molecule has 3 N–H and O–H groups in total. The van der Waals surface area contributed by atoms with Crippen molar-refractivity contribution in [3.05, 3.63) is 0 Å². The van der Waals surface area contributed by atoms with E-state index in [9.17, 15) is 9.59 Å². The van der Waals surface area contributed by atoms with Crippen molar-refractivity contribution in [2.45, 2.75) is 31.7 Å². The predicted octanol–water partition coefficient (Wildman–Crippen LogP) is 0.699. The number of thioether (sulfide) groups is 1. The zero-order valence-electron chi connectivity index (χ0n) is 10.8. The first-order valence-electron chi connectivity index (χ1n) is 6.35. The van der Waals surface area contributed by atoms with Gasteiger partial charge in [0.2, 0.25) is 5.91 Å². The van der Waals surface area contributed by atoms with Crippen molar-refractivity contribution in [1.82, 2.24) is 10.6 Å². The highest BCUT2D eigenvalue weighted by Gasteiger charge is 2.22. The maximum absolute atomic E-state index is 11.8. The molecule has 18 heavy (non-hydrogen) atoms. The van der Waals surface area contributed by atoms with Gasteiger partial charge in [-0.1, -0.05) is 0 Å². The summed E-state index contributed by atoms with van der Waals surface area (Å²) in [5, 5.41) is 14.9. The minimum atomic E-state index is -0.945. The van der Waals surface area contributed by atoms with Crippen molar-refractivity contribution in [3.8, 4) is 0 Å². The first-order valence-corrected chi connectivity index (χ1v) is 7.74. The first-order chi connectivity index (χ1) is 8.63. The number of carboxylic acid groups (broad SMARTS) is 1. The zero-order chi connectivity index (χ0) is 13.4. The SMILES string of the molecule is CSCC[C@@H](NC(=O)CC1CCCNC1)C(=O)O. The van der Waals surface area contributed by atoms with Gasteiger partial charge in [-0.3, -0.25) is 4.79 Å². The molecular weight excluding hydrogens is 252 g/mol. The molecule has 0 aliphatic carbocycles. The van der Waals surface area contributed by atoms with Crippen molar-refractivity contribution >= 4 is 23.6 Å². The van der Waals surface area contributed by atoms with Crippen molar-refractivity contribution in [1.29, 1.82) is 0 Å². The molecule has 1 aliphatic rings. The zero-order valence-corrected chi connectivity index (χ0v) is 11.6. The lowest BCUT2D eigenvalue weighted by atomic mass is 9.96. The van der Waals surface area contributed by atoms with Gasteiger partial charge in [-0.25, -0.2) is 4.79 Å². The van der Waals surface area contributed by atoms with Gasteiger partial charge in [0.05, 0.1) is 0 Å². The van der Waals surface area contributed by atoms with E-state index in [1.807, 2.05) is 6.26 Å². The van der Waals surface area contributed by atoms with Crippen LogP contribution in [0.15, 0.2) is 0 Å². The molecule has 0 spiro atoms. The monoisotopic (exact) mass is 274 g/mol. The average Bonchev–Trinajstić information content (AvgIpc) is 2.35. The molecule has 6 heteroatoms. The highest BCUT2D eigenvalue weighted by atomic mass is 32.2. The van der Waals surface area contributed by atoms with Crippen LogP contribution in [-0.2, 0) is 9.59 Å². The third-order valence-corrected chi connectivity index (χ3v) is 3.76. The Morgan fingerprint density at radius 3 is 2.89 bits per heavy atom. The summed E-state index contributed by atoms with van der Waals surface area (Å²) in [5.74, 6) is -0.00694. The topological polar surface area (TPSA) is 78.4 Å². The van der Waals surface area contributed by atoms with Crippen molar-refractivity contribution < 1.29 is 14.7 Å². The molecule has 2 atom stereocenters. The number of carboxylic acids is 1. The molecule has 0 saturated carbocycles. The number of nitrogens with one attached hydrogen (secondary N) is 2. The van der Waals surface area contributed by atoms with E-state index in [1.54, 1.807) is 11.8 Å². The second-order valence-corrected chi connectivity index (χ2v) is 5.64. The molecular formula is C12H22N2O3S. The standard InChI is InChI=1S/C12H22N2O3S/c1-18-6-4-10(12(16)17)14-11(15)7-9-3-2-5-13-8-9/h9-10,13H,2-8H2,1H3,(H,14,15)(H,16,17)/t9?,10-/m1/s1. The molecule has 1 rings (SSSR count). The molecule has 1 saturated heterocycles. The van der Waals surface area contributed by atoms with Gasteiger partial charge in [-0.2, -0.15) is 11.8 Å². The van der Waals surface area contributed by atoms with E-state index in [2.05, 4.69) is 10.6 Å². The highest BCUT2D eigenvalue weighted by molar-refractivity contribution is 7.98. The Morgan fingerprint density at radius 1 is 1.56 bits per heavy atom. The van der Waals surface area contributed by atoms with Crippen LogP contribution in [0.25, 0.3) is 0 Å². The van der Waals surface area contributed by atoms with Gasteiger partial charge in [-0.15, -0.1) is 0 Å². The van der Waals surface area contributed by atoms with Gasteiger partial charge < -0.3 is 15.7 Å². The summed E-state index contributed by atoms with van der Waals surface area (Å²) in [6, 6.07) is -0.749. The molecule has 0 bridgehead atoms. The summed E-state index contributed by atoms with van der Waals surface area (Å²) in [6.07, 6.45) is 4.96. The van der Waals surface area contributed by atoms with E-state index in [0.717, 1.165) is 31.7 Å². The number of hydrogen-bond acceptors (Lipinski definition) is 4. The van der Waals surface area contributed by atoms with Crippen LogP contribution in [0.2, 0.25) is 0 Å². The summed E-state index contributed by atoms with van der Waals surface area (Å²) < 4.78 is 0. The molecule has 0 aromatic heterocycles. The molecule has 1 fully saturated rings. The number of piperidine rings is 1.